The summed E-state index contributed by atoms with van der Waals surface area (Å²) in [6.45, 7) is 2.04. The molecule has 2 rings (SSSR count). The summed E-state index contributed by atoms with van der Waals surface area (Å²) < 4.78 is 0. The molecule has 4 heteroatoms. The smallest absolute Gasteiger partial charge is 0.303 e. The van der Waals surface area contributed by atoms with Crippen LogP contribution in [0, 0.1) is 6.92 Å². The van der Waals surface area contributed by atoms with Crippen molar-refractivity contribution in [3.63, 3.8) is 0 Å². The Kier molecular flexibility index (Phi) is 3.54. The number of aliphatic carboxylic acids is 1. The van der Waals surface area contributed by atoms with Gasteiger partial charge in [-0.3, -0.25) is 4.79 Å². The first kappa shape index (κ1) is 11.8. The molecule has 0 aliphatic carbocycles. The molecule has 0 amide bonds. The Morgan fingerprint density at radius 1 is 1.47 bits per heavy atom. The summed E-state index contributed by atoms with van der Waals surface area (Å²) in [5.74, 6) is -0.780. The average molecular weight is 247 g/mol. The van der Waals surface area contributed by atoms with E-state index in [1.807, 2.05) is 30.5 Å². The molecule has 0 saturated heterocycles. The molecule has 1 aromatic heterocycles. The van der Waals surface area contributed by atoms with Crippen molar-refractivity contribution in [2.24, 2.45) is 0 Å². The van der Waals surface area contributed by atoms with Gasteiger partial charge < -0.3 is 5.11 Å². The SMILES string of the molecule is Cc1cccc(-c2csc(CCC(=O)O)n2)c1. The minimum absolute atomic E-state index is 0.140. The number of rotatable bonds is 4. The maximum absolute atomic E-state index is 10.5. The van der Waals surface area contributed by atoms with Crippen LogP contribution < -0.4 is 0 Å². The van der Waals surface area contributed by atoms with Gasteiger partial charge in [0.25, 0.3) is 0 Å². The summed E-state index contributed by atoms with van der Waals surface area (Å²) in [6, 6.07) is 8.14. The van der Waals surface area contributed by atoms with Crippen LogP contribution in [0.4, 0.5) is 0 Å². The van der Waals surface area contributed by atoms with E-state index in [0.29, 0.717) is 6.42 Å². The molecule has 0 bridgehead atoms. The number of hydrogen-bond donors (Lipinski definition) is 1. The molecule has 3 nitrogen and oxygen atoms in total. The quantitative estimate of drug-likeness (QED) is 0.903. The van der Waals surface area contributed by atoms with Gasteiger partial charge in [-0.1, -0.05) is 23.8 Å². The van der Waals surface area contributed by atoms with Crippen molar-refractivity contribution in [2.75, 3.05) is 0 Å². The number of benzene rings is 1. The number of nitrogens with zero attached hydrogens (tertiary/aromatic N) is 1. The first-order chi connectivity index (χ1) is 8.15. The van der Waals surface area contributed by atoms with E-state index in [4.69, 9.17) is 5.11 Å². The second kappa shape index (κ2) is 5.10. The van der Waals surface area contributed by atoms with E-state index in [1.54, 1.807) is 0 Å². The summed E-state index contributed by atoms with van der Waals surface area (Å²) in [4.78, 5) is 14.9. The standard InChI is InChI=1S/C13H13NO2S/c1-9-3-2-4-10(7-9)11-8-17-12(14-11)5-6-13(15)16/h2-4,7-8H,5-6H2,1H3,(H,15,16). The lowest BCUT2D eigenvalue weighted by Crippen LogP contribution is -1.96. The van der Waals surface area contributed by atoms with Gasteiger partial charge in [0.2, 0.25) is 0 Å². The van der Waals surface area contributed by atoms with Crippen LogP contribution in [0.25, 0.3) is 11.3 Å². The predicted octanol–water partition coefficient (Wildman–Crippen LogP) is 3.14. The Hall–Kier alpha value is -1.68. The van der Waals surface area contributed by atoms with E-state index in [1.165, 1.54) is 16.9 Å². The molecule has 0 aliphatic rings. The lowest BCUT2D eigenvalue weighted by Gasteiger charge is -1.97. The zero-order valence-electron chi connectivity index (χ0n) is 9.51. The molecular formula is C13H13NO2S. The Balaban J connectivity index is 2.15. The second-order valence-electron chi connectivity index (χ2n) is 3.89. The Labute approximate surface area is 104 Å². The molecule has 0 atom stereocenters. The zero-order valence-corrected chi connectivity index (χ0v) is 10.3. The van der Waals surface area contributed by atoms with Crippen molar-refractivity contribution >= 4 is 17.3 Å². The number of hydrogen-bond acceptors (Lipinski definition) is 3. The maximum atomic E-state index is 10.5. The largest absolute Gasteiger partial charge is 0.481 e. The average Bonchev–Trinajstić information content (AvgIpc) is 2.75. The number of aryl methyl sites for hydroxylation is 2. The summed E-state index contributed by atoms with van der Waals surface area (Å²) in [5.41, 5.74) is 3.21. The molecule has 1 heterocycles. The van der Waals surface area contributed by atoms with E-state index in [-0.39, 0.29) is 6.42 Å². The Morgan fingerprint density at radius 2 is 2.29 bits per heavy atom. The normalized spacial score (nSPS) is 10.4. The van der Waals surface area contributed by atoms with Crippen LogP contribution >= 0.6 is 11.3 Å². The lowest BCUT2D eigenvalue weighted by atomic mass is 10.1. The lowest BCUT2D eigenvalue weighted by molar-refractivity contribution is -0.136. The highest BCUT2D eigenvalue weighted by Crippen LogP contribution is 2.23. The van der Waals surface area contributed by atoms with E-state index in [9.17, 15) is 4.79 Å². The molecular weight excluding hydrogens is 234 g/mol. The summed E-state index contributed by atoms with van der Waals surface area (Å²) >= 11 is 1.52. The van der Waals surface area contributed by atoms with Crippen LogP contribution in [-0.4, -0.2) is 16.1 Å². The number of aromatic nitrogens is 1. The second-order valence-corrected chi connectivity index (χ2v) is 4.83. The number of carboxylic acid groups (broad SMARTS) is 1. The molecule has 0 fully saturated rings. The highest BCUT2D eigenvalue weighted by molar-refractivity contribution is 7.09. The zero-order chi connectivity index (χ0) is 12.3. The molecule has 1 aromatic carbocycles. The van der Waals surface area contributed by atoms with Gasteiger partial charge in [-0.05, 0) is 13.0 Å². The van der Waals surface area contributed by atoms with Crippen LogP contribution in [0.1, 0.15) is 17.0 Å². The first-order valence-corrected chi connectivity index (χ1v) is 6.26. The molecule has 1 N–H and O–H groups in total. The fraction of sp³-hybridized carbons (Fsp3) is 0.231. The van der Waals surface area contributed by atoms with Gasteiger partial charge in [0.1, 0.15) is 0 Å². The molecule has 0 unspecified atom stereocenters. The van der Waals surface area contributed by atoms with Crippen molar-refractivity contribution in [1.29, 1.82) is 0 Å². The van der Waals surface area contributed by atoms with Crippen molar-refractivity contribution in [3.05, 3.63) is 40.2 Å². The molecule has 0 aliphatic heterocycles. The monoisotopic (exact) mass is 247 g/mol. The van der Waals surface area contributed by atoms with Gasteiger partial charge in [-0.2, -0.15) is 0 Å². The minimum Gasteiger partial charge on any atom is -0.481 e. The van der Waals surface area contributed by atoms with Crippen LogP contribution in [-0.2, 0) is 11.2 Å². The van der Waals surface area contributed by atoms with Crippen LogP contribution in [0.5, 0.6) is 0 Å². The molecule has 2 aromatic rings. The third-order valence-corrected chi connectivity index (χ3v) is 3.33. The summed E-state index contributed by atoms with van der Waals surface area (Å²) in [7, 11) is 0. The number of carboxylic acids is 1. The van der Waals surface area contributed by atoms with Crippen molar-refractivity contribution in [2.45, 2.75) is 19.8 Å². The van der Waals surface area contributed by atoms with Crippen LogP contribution in [0.2, 0.25) is 0 Å². The Morgan fingerprint density at radius 3 is 3.00 bits per heavy atom. The number of thiazole rings is 1. The summed E-state index contributed by atoms with van der Waals surface area (Å²) in [6.07, 6.45) is 0.645. The van der Waals surface area contributed by atoms with E-state index in [2.05, 4.69) is 11.1 Å². The molecule has 0 spiro atoms. The summed E-state index contributed by atoms with van der Waals surface area (Å²) in [5, 5.41) is 11.5. The van der Waals surface area contributed by atoms with Crippen LogP contribution in [0.3, 0.4) is 0 Å². The van der Waals surface area contributed by atoms with E-state index >= 15 is 0 Å². The fourth-order valence-electron chi connectivity index (χ4n) is 1.58. The van der Waals surface area contributed by atoms with Gasteiger partial charge in [0, 0.05) is 17.4 Å². The highest BCUT2D eigenvalue weighted by Gasteiger charge is 2.06. The molecule has 0 radical (unpaired) electrons. The van der Waals surface area contributed by atoms with Gasteiger partial charge in [0.15, 0.2) is 0 Å². The number of carbonyl (C=O) groups is 1. The third-order valence-electron chi connectivity index (χ3n) is 2.42. The topological polar surface area (TPSA) is 50.2 Å². The van der Waals surface area contributed by atoms with E-state index < -0.39 is 5.97 Å². The van der Waals surface area contributed by atoms with Crippen molar-refractivity contribution in [3.8, 4) is 11.3 Å². The van der Waals surface area contributed by atoms with Crippen molar-refractivity contribution in [1.82, 2.24) is 4.98 Å². The first-order valence-electron chi connectivity index (χ1n) is 5.38. The van der Waals surface area contributed by atoms with E-state index in [0.717, 1.165) is 16.3 Å². The molecule has 88 valence electrons. The molecule has 0 saturated carbocycles. The van der Waals surface area contributed by atoms with Gasteiger partial charge in [-0.15, -0.1) is 11.3 Å². The maximum Gasteiger partial charge on any atom is 0.303 e. The van der Waals surface area contributed by atoms with Crippen LogP contribution in [0.15, 0.2) is 29.6 Å². The molecule has 17 heavy (non-hydrogen) atoms. The fourth-order valence-corrected chi connectivity index (χ4v) is 2.38. The van der Waals surface area contributed by atoms with Crippen molar-refractivity contribution < 1.29 is 9.90 Å². The predicted molar refractivity (Wildman–Crippen MR) is 68.2 cm³/mol. The third kappa shape index (κ3) is 3.14. The highest BCUT2D eigenvalue weighted by atomic mass is 32.1. The van der Waals surface area contributed by atoms with Gasteiger partial charge in [0.05, 0.1) is 17.1 Å². The Bertz CT molecular complexity index is 534. The minimum atomic E-state index is -0.780. The van der Waals surface area contributed by atoms with Gasteiger partial charge >= 0.3 is 5.97 Å². The van der Waals surface area contributed by atoms with Gasteiger partial charge in [-0.25, -0.2) is 4.98 Å².